The molecule has 0 amide bonds. The quantitative estimate of drug-likeness (QED) is 0.172. The van der Waals surface area contributed by atoms with E-state index in [1.807, 2.05) is 6.20 Å². The smallest absolute Gasteiger partial charge is 0.249 e. The van der Waals surface area contributed by atoms with Crippen LogP contribution in [0, 0.1) is 0 Å². The van der Waals surface area contributed by atoms with Gasteiger partial charge in [-0.3, -0.25) is 4.57 Å². The van der Waals surface area contributed by atoms with Crippen molar-refractivity contribution in [3.8, 4) is 22.6 Å². The summed E-state index contributed by atoms with van der Waals surface area (Å²) in [6, 6.07) is 46.3. The van der Waals surface area contributed by atoms with Gasteiger partial charge in [0.1, 0.15) is 11.5 Å². The van der Waals surface area contributed by atoms with Crippen molar-refractivity contribution in [1.82, 2.24) is 14.1 Å². The molecule has 0 saturated heterocycles. The molecule has 230 valence electrons. The Hall–Kier alpha value is -5.48. The molecule has 0 fully saturated rings. The maximum Gasteiger partial charge on any atom is 0.249 e. The number of nitrogens with zero attached hydrogens (tertiary/aromatic N) is 4. The SMILES string of the molecule is CC(C)c1ccccc1-c1ccnc(-n2c3ccccc3c3ccc(C(C)(C)c4cccc(-n5c[n+](C)c6ccccc65)c4)cc32)c1. The molecule has 0 aliphatic carbocycles. The molecular weight excluding hydrogens is 573 g/mol. The summed E-state index contributed by atoms with van der Waals surface area (Å²) in [6.45, 7) is 9.17. The lowest BCUT2D eigenvalue weighted by Gasteiger charge is -2.26. The number of fused-ring (bicyclic) bond motifs is 4. The van der Waals surface area contributed by atoms with Crippen LogP contribution in [0.5, 0.6) is 0 Å². The number of aromatic nitrogens is 4. The molecule has 3 aromatic heterocycles. The molecule has 4 nitrogen and oxygen atoms in total. The highest BCUT2D eigenvalue weighted by Gasteiger charge is 2.26. The number of pyridine rings is 1. The van der Waals surface area contributed by atoms with Crippen LogP contribution in [-0.4, -0.2) is 14.1 Å². The van der Waals surface area contributed by atoms with E-state index >= 15 is 0 Å². The lowest BCUT2D eigenvalue weighted by molar-refractivity contribution is -0.645. The summed E-state index contributed by atoms with van der Waals surface area (Å²) < 4.78 is 6.81. The van der Waals surface area contributed by atoms with Gasteiger partial charge in [-0.25, -0.2) is 9.55 Å². The van der Waals surface area contributed by atoms with Crippen molar-refractivity contribution >= 4 is 32.8 Å². The third kappa shape index (κ3) is 4.75. The van der Waals surface area contributed by atoms with Crippen molar-refractivity contribution in [3.63, 3.8) is 0 Å². The van der Waals surface area contributed by atoms with Gasteiger partial charge in [0.15, 0.2) is 11.0 Å². The van der Waals surface area contributed by atoms with Crippen molar-refractivity contribution in [1.29, 1.82) is 0 Å². The molecule has 0 radical (unpaired) electrons. The van der Waals surface area contributed by atoms with Gasteiger partial charge in [-0.15, -0.1) is 0 Å². The van der Waals surface area contributed by atoms with Gasteiger partial charge < -0.3 is 0 Å². The van der Waals surface area contributed by atoms with Crippen molar-refractivity contribution in [2.24, 2.45) is 7.05 Å². The van der Waals surface area contributed by atoms with Crippen LogP contribution in [0.3, 0.4) is 0 Å². The van der Waals surface area contributed by atoms with E-state index in [4.69, 9.17) is 4.98 Å². The average Bonchev–Trinajstić information content (AvgIpc) is 3.62. The molecule has 0 aliphatic heterocycles. The van der Waals surface area contributed by atoms with Crippen LogP contribution in [0.4, 0.5) is 0 Å². The van der Waals surface area contributed by atoms with Gasteiger partial charge in [0.2, 0.25) is 6.33 Å². The first kappa shape index (κ1) is 29.0. The summed E-state index contributed by atoms with van der Waals surface area (Å²) in [6.07, 6.45) is 4.12. The maximum absolute atomic E-state index is 4.96. The Morgan fingerprint density at radius 3 is 2.23 bits per heavy atom. The number of rotatable bonds is 6. The fourth-order valence-electron chi connectivity index (χ4n) is 7.26. The van der Waals surface area contributed by atoms with E-state index in [1.54, 1.807) is 0 Å². The lowest BCUT2D eigenvalue weighted by Crippen LogP contribution is -2.25. The molecule has 0 unspecified atom stereocenters. The number of para-hydroxylation sites is 3. The van der Waals surface area contributed by atoms with Crippen LogP contribution >= 0.6 is 0 Å². The molecule has 5 aromatic carbocycles. The first-order valence-corrected chi connectivity index (χ1v) is 16.5. The zero-order chi connectivity index (χ0) is 32.3. The van der Waals surface area contributed by atoms with Crippen LogP contribution in [0.1, 0.15) is 50.3 Å². The fraction of sp³-hybridized carbons (Fsp3) is 0.163. The monoisotopic (exact) mass is 611 g/mol. The van der Waals surface area contributed by atoms with Gasteiger partial charge in [-0.2, -0.15) is 4.57 Å². The highest BCUT2D eigenvalue weighted by Crippen LogP contribution is 2.39. The van der Waals surface area contributed by atoms with Crippen molar-refractivity contribution in [3.05, 3.63) is 157 Å². The van der Waals surface area contributed by atoms with Gasteiger partial charge in [0.25, 0.3) is 0 Å². The molecule has 0 bridgehead atoms. The minimum atomic E-state index is -0.248. The van der Waals surface area contributed by atoms with Gasteiger partial charge in [0.05, 0.1) is 18.1 Å². The maximum atomic E-state index is 4.96. The average molecular weight is 612 g/mol. The Kier molecular flexibility index (Phi) is 6.84. The van der Waals surface area contributed by atoms with Crippen LogP contribution in [-0.2, 0) is 12.5 Å². The third-order valence-corrected chi connectivity index (χ3v) is 9.92. The summed E-state index contributed by atoms with van der Waals surface area (Å²) in [5.74, 6) is 1.36. The Labute approximate surface area is 276 Å². The normalized spacial score (nSPS) is 12.1. The molecule has 0 aliphatic rings. The molecule has 3 heterocycles. The molecule has 0 spiro atoms. The molecular formula is C43H39N4+. The Balaban J connectivity index is 1.28. The summed E-state index contributed by atoms with van der Waals surface area (Å²) in [4.78, 5) is 4.96. The summed E-state index contributed by atoms with van der Waals surface area (Å²) in [7, 11) is 2.11. The van der Waals surface area contributed by atoms with Gasteiger partial charge >= 0.3 is 0 Å². The van der Waals surface area contributed by atoms with Crippen LogP contribution < -0.4 is 4.57 Å². The second-order valence-corrected chi connectivity index (χ2v) is 13.5. The van der Waals surface area contributed by atoms with E-state index < -0.39 is 0 Å². The predicted octanol–water partition coefficient (Wildman–Crippen LogP) is 10.1. The molecule has 4 heteroatoms. The number of hydrogen-bond acceptors (Lipinski definition) is 1. The minimum Gasteiger partial charge on any atom is -0.294 e. The summed E-state index contributed by atoms with van der Waals surface area (Å²) in [5, 5.41) is 2.46. The molecule has 0 saturated carbocycles. The number of hydrogen-bond donors (Lipinski definition) is 0. The fourth-order valence-corrected chi connectivity index (χ4v) is 7.26. The van der Waals surface area contributed by atoms with Crippen LogP contribution in [0.2, 0.25) is 0 Å². The minimum absolute atomic E-state index is 0.248. The molecule has 8 aromatic rings. The van der Waals surface area contributed by atoms with E-state index in [0.717, 1.165) is 22.5 Å². The summed E-state index contributed by atoms with van der Waals surface area (Å²) in [5.41, 5.74) is 12.0. The number of imidazole rings is 1. The van der Waals surface area contributed by atoms with Gasteiger partial charge in [0, 0.05) is 22.4 Å². The zero-order valence-corrected chi connectivity index (χ0v) is 27.6. The number of aryl methyl sites for hydroxylation is 1. The van der Waals surface area contributed by atoms with Gasteiger partial charge in [-0.1, -0.05) is 107 Å². The van der Waals surface area contributed by atoms with E-state index in [9.17, 15) is 0 Å². The highest BCUT2D eigenvalue weighted by molar-refractivity contribution is 6.09. The van der Waals surface area contributed by atoms with Crippen LogP contribution in [0.25, 0.3) is 55.5 Å². The second-order valence-electron chi connectivity index (χ2n) is 13.5. The Morgan fingerprint density at radius 1 is 0.660 bits per heavy atom. The Bertz CT molecular complexity index is 2440. The van der Waals surface area contributed by atoms with E-state index in [0.29, 0.717) is 5.92 Å². The topological polar surface area (TPSA) is 26.6 Å². The van der Waals surface area contributed by atoms with Crippen LogP contribution in [0.15, 0.2) is 140 Å². The van der Waals surface area contributed by atoms with Crippen molar-refractivity contribution in [2.75, 3.05) is 0 Å². The predicted molar refractivity (Wildman–Crippen MR) is 195 cm³/mol. The Morgan fingerprint density at radius 2 is 1.38 bits per heavy atom. The molecule has 0 atom stereocenters. The molecule has 47 heavy (non-hydrogen) atoms. The van der Waals surface area contributed by atoms with E-state index in [2.05, 4.69) is 182 Å². The first-order valence-electron chi connectivity index (χ1n) is 16.5. The molecule has 0 N–H and O–H groups in total. The lowest BCUT2D eigenvalue weighted by atomic mass is 9.77. The molecule has 8 rings (SSSR count). The standard InChI is InChI=1S/C43H39N4/c1-29(2)34-15-6-7-16-35(34)30-23-24-44-42(25-30)47-38-18-9-8-17-36(38)37-22-21-32(27-41(37)47)43(3,4)31-13-12-14-33(26-31)46-28-45(5)39-19-10-11-20-40(39)46/h6-29H,1-5H3/q+1. The van der Waals surface area contributed by atoms with Crippen molar-refractivity contribution in [2.45, 2.75) is 39.0 Å². The van der Waals surface area contributed by atoms with Crippen molar-refractivity contribution < 1.29 is 4.57 Å². The van der Waals surface area contributed by atoms with Gasteiger partial charge in [-0.05, 0) is 82.3 Å². The van der Waals surface area contributed by atoms with E-state index in [-0.39, 0.29) is 5.41 Å². The second kappa shape index (κ2) is 11.1. The third-order valence-electron chi connectivity index (χ3n) is 9.92. The zero-order valence-electron chi connectivity index (χ0n) is 27.6. The highest BCUT2D eigenvalue weighted by atomic mass is 15.1. The van der Waals surface area contributed by atoms with E-state index in [1.165, 1.54) is 49.6 Å². The summed E-state index contributed by atoms with van der Waals surface area (Å²) >= 11 is 0. The number of benzene rings is 5. The first-order chi connectivity index (χ1) is 22.8. The largest absolute Gasteiger partial charge is 0.294 e.